The van der Waals surface area contributed by atoms with Crippen molar-refractivity contribution in [3.05, 3.63) is 16.9 Å². The second-order valence-electron chi connectivity index (χ2n) is 5.14. The molecule has 2 rings (SSSR count). The van der Waals surface area contributed by atoms with Crippen LogP contribution < -0.4 is 0 Å². The molecule has 2 amide bonds. The number of hydrogen-bond acceptors (Lipinski definition) is 4. The number of aromatic nitrogens is 2. The minimum atomic E-state index is -0.309. The molecular weight excluding hydrogens is 308 g/mol. The molecule has 0 atom stereocenters. The second kappa shape index (κ2) is 7.49. The van der Waals surface area contributed by atoms with Gasteiger partial charge in [0.2, 0.25) is 5.91 Å². The molecule has 0 bridgehead atoms. The van der Waals surface area contributed by atoms with Gasteiger partial charge >= 0.3 is 6.09 Å². The Hall–Kier alpha value is -1.76. The summed E-state index contributed by atoms with van der Waals surface area (Å²) in [6, 6.07) is 0. The standard InChI is InChI=1S/C14H21ClN4O3/c1-3-22-14(21)18-8-6-17(7-9-18)13(20)4-5-19-10-12(15)11(2)16-19/h10H,3-9H2,1-2H3. The highest BCUT2D eigenvalue weighted by atomic mass is 35.5. The van der Waals surface area contributed by atoms with Crippen LogP contribution in [0.15, 0.2) is 6.20 Å². The molecule has 8 heteroatoms. The van der Waals surface area contributed by atoms with E-state index in [1.807, 2.05) is 6.92 Å². The average Bonchev–Trinajstić information content (AvgIpc) is 2.84. The fourth-order valence-corrected chi connectivity index (χ4v) is 2.48. The number of rotatable bonds is 4. The van der Waals surface area contributed by atoms with Crippen molar-refractivity contribution >= 4 is 23.6 Å². The smallest absolute Gasteiger partial charge is 0.409 e. The normalized spacial score (nSPS) is 15.0. The predicted octanol–water partition coefficient (Wildman–Crippen LogP) is 1.54. The van der Waals surface area contributed by atoms with Crippen LogP contribution in [0.4, 0.5) is 4.79 Å². The minimum absolute atomic E-state index is 0.0628. The summed E-state index contributed by atoms with van der Waals surface area (Å²) in [6.07, 6.45) is 1.79. The van der Waals surface area contributed by atoms with Crippen LogP contribution >= 0.6 is 11.6 Å². The predicted molar refractivity (Wildman–Crippen MR) is 81.8 cm³/mol. The van der Waals surface area contributed by atoms with E-state index in [4.69, 9.17) is 16.3 Å². The van der Waals surface area contributed by atoms with Crippen LogP contribution in [-0.2, 0) is 16.1 Å². The van der Waals surface area contributed by atoms with Gasteiger partial charge in [0.25, 0.3) is 0 Å². The molecule has 0 radical (unpaired) electrons. The Balaban J connectivity index is 1.76. The molecule has 1 aromatic heterocycles. The van der Waals surface area contributed by atoms with Crippen LogP contribution in [0.3, 0.4) is 0 Å². The molecule has 0 aromatic carbocycles. The Morgan fingerprint density at radius 2 is 1.91 bits per heavy atom. The summed E-state index contributed by atoms with van der Waals surface area (Å²) in [5.41, 5.74) is 0.761. The third-order valence-corrected chi connectivity index (χ3v) is 3.97. The van der Waals surface area contributed by atoms with E-state index in [2.05, 4.69) is 5.10 Å². The van der Waals surface area contributed by atoms with E-state index >= 15 is 0 Å². The first kappa shape index (κ1) is 16.6. The largest absolute Gasteiger partial charge is 0.450 e. The number of hydrogen-bond donors (Lipinski definition) is 0. The number of aryl methyl sites for hydroxylation is 2. The van der Waals surface area contributed by atoms with E-state index in [1.54, 1.807) is 27.6 Å². The maximum Gasteiger partial charge on any atom is 0.409 e. The van der Waals surface area contributed by atoms with Gasteiger partial charge in [-0.1, -0.05) is 11.6 Å². The summed E-state index contributed by atoms with van der Waals surface area (Å²) in [4.78, 5) is 27.2. The Kier molecular flexibility index (Phi) is 5.65. The lowest BCUT2D eigenvalue weighted by Crippen LogP contribution is -2.50. The third kappa shape index (κ3) is 4.13. The summed E-state index contributed by atoms with van der Waals surface area (Å²) in [6.45, 7) is 6.58. The van der Waals surface area contributed by atoms with E-state index in [-0.39, 0.29) is 12.0 Å². The van der Waals surface area contributed by atoms with Crippen molar-refractivity contribution in [1.82, 2.24) is 19.6 Å². The van der Waals surface area contributed by atoms with Gasteiger partial charge in [-0.3, -0.25) is 9.48 Å². The molecule has 0 aliphatic carbocycles. The van der Waals surface area contributed by atoms with Gasteiger partial charge < -0.3 is 14.5 Å². The highest BCUT2D eigenvalue weighted by Gasteiger charge is 2.24. The minimum Gasteiger partial charge on any atom is -0.450 e. The summed E-state index contributed by atoms with van der Waals surface area (Å²) in [5.74, 6) is 0.0628. The summed E-state index contributed by atoms with van der Waals surface area (Å²) >= 11 is 5.94. The van der Waals surface area contributed by atoms with Crippen LogP contribution in [0.1, 0.15) is 19.0 Å². The topological polar surface area (TPSA) is 67.7 Å². The van der Waals surface area contributed by atoms with Gasteiger partial charge in [-0.25, -0.2) is 4.79 Å². The van der Waals surface area contributed by atoms with Gasteiger partial charge in [0.1, 0.15) is 0 Å². The van der Waals surface area contributed by atoms with E-state index in [0.29, 0.717) is 50.8 Å². The highest BCUT2D eigenvalue weighted by Crippen LogP contribution is 2.13. The Labute approximate surface area is 134 Å². The van der Waals surface area contributed by atoms with Crippen molar-refractivity contribution in [2.75, 3.05) is 32.8 Å². The lowest BCUT2D eigenvalue weighted by molar-refractivity contribution is -0.133. The van der Waals surface area contributed by atoms with Gasteiger partial charge in [0.05, 0.1) is 17.3 Å². The van der Waals surface area contributed by atoms with Gasteiger partial charge in [0, 0.05) is 45.3 Å². The van der Waals surface area contributed by atoms with Crippen molar-refractivity contribution in [3.8, 4) is 0 Å². The molecule has 1 saturated heterocycles. The number of amides is 2. The van der Waals surface area contributed by atoms with E-state index < -0.39 is 0 Å². The number of halogens is 1. The molecule has 1 aliphatic heterocycles. The van der Waals surface area contributed by atoms with E-state index in [1.165, 1.54) is 0 Å². The molecule has 2 heterocycles. The van der Waals surface area contributed by atoms with Crippen LogP contribution in [0.5, 0.6) is 0 Å². The lowest BCUT2D eigenvalue weighted by atomic mass is 10.3. The first-order valence-electron chi connectivity index (χ1n) is 7.40. The average molecular weight is 329 g/mol. The summed E-state index contributed by atoms with van der Waals surface area (Å²) in [7, 11) is 0. The van der Waals surface area contributed by atoms with E-state index in [0.717, 1.165) is 5.69 Å². The molecule has 0 unspecified atom stereocenters. The van der Waals surface area contributed by atoms with Crippen molar-refractivity contribution in [1.29, 1.82) is 0 Å². The van der Waals surface area contributed by atoms with Crippen LogP contribution in [-0.4, -0.2) is 64.4 Å². The number of piperazine rings is 1. The van der Waals surface area contributed by atoms with Crippen molar-refractivity contribution in [2.24, 2.45) is 0 Å². The molecule has 7 nitrogen and oxygen atoms in total. The maximum absolute atomic E-state index is 12.2. The first-order valence-corrected chi connectivity index (χ1v) is 7.78. The van der Waals surface area contributed by atoms with Gasteiger partial charge in [-0.15, -0.1) is 0 Å². The summed E-state index contributed by atoms with van der Waals surface area (Å²) in [5, 5.41) is 4.83. The Morgan fingerprint density at radius 1 is 1.27 bits per heavy atom. The zero-order valence-electron chi connectivity index (χ0n) is 12.9. The zero-order valence-corrected chi connectivity index (χ0v) is 13.7. The molecule has 22 heavy (non-hydrogen) atoms. The fraction of sp³-hybridized carbons (Fsp3) is 0.643. The molecule has 1 aliphatic rings. The molecule has 1 fully saturated rings. The van der Waals surface area contributed by atoms with Crippen LogP contribution in [0.2, 0.25) is 5.02 Å². The Bertz CT molecular complexity index is 519. The van der Waals surface area contributed by atoms with E-state index in [9.17, 15) is 9.59 Å². The molecular formula is C14H21ClN4O3. The first-order chi connectivity index (χ1) is 10.5. The van der Waals surface area contributed by atoms with Crippen molar-refractivity contribution in [3.63, 3.8) is 0 Å². The Morgan fingerprint density at radius 3 is 2.45 bits per heavy atom. The third-order valence-electron chi connectivity index (χ3n) is 3.60. The summed E-state index contributed by atoms with van der Waals surface area (Å²) < 4.78 is 6.64. The number of ether oxygens (including phenoxy) is 1. The number of nitrogens with zero attached hydrogens (tertiary/aromatic N) is 4. The molecule has 0 N–H and O–H groups in total. The lowest BCUT2D eigenvalue weighted by Gasteiger charge is -2.34. The van der Waals surface area contributed by atoms with Crippen molar-refractivity contribution < 1.29 is 14.3 Å². The van der Waals surface area contributed by atoms with Gasteiger partial charge in [-0.05, 0) is 13.8 Å². The zero-order chi connectivity index (χ0) is 16.1. The molecule has 0 spiro atoms. The van der Waals surface area contributed by atoms with Crippen molar-refractivity contribution in [2.45, 2.75) is 26.8 Å². The molecule has 0 saturated carbocycles. The van der Waals surface area contributed by atoms with Crippen LogP contribution in [0.25, 0.3) is 0 Å². The quantitative estimate of drug-likeness (QED) is 0.840. The molecule has 122 valence electrons. The number of carbonyl (C=O) groups is 2. The second-order valence-corrected chi connectivity index (χ2v) is 5.55. The van der Waals surface area contributed by atoms with Gasteiger partial charge in [0.15, 0.2) is 0 Å². The fourth-order valence-electron chi connectivity index (χ4n) is 2.33. The van der Waals surface area contributed by atoms with Gasteiger partial charge in [-0.2, -0.15) is 5.10 Å². The number of carbonyl (C=O) groups excluding carboxylic acids is 2. The maximum atomic E-state index is 12.2. The van der Waals surface area contributed by atoms with Crippen LogP contribution in [0, 0.1) is 6.92 Å². The molecule has 1 aromatic rings. The monoisotopic (exact) mass is 328 g/mol. The highest BCUT2D eigenvalue weighted by molar-refractivity contribution is 6.31. The SMILES string of the molecule is CCOC(=O)N1CCN(C(=O)CCn2cc(Cl)c(C)n2)CC1.